The summed E-state index contributed by atoms with van der Waals surface area (Å²) < 4.78 is 6.52. The highest BCUT2D eigenvalue weighted by atomic mass is 79.9. The second-order valence-electron chi connectivity index (χ2n) is 5.53. The van der Waals surface area contributed by atoms with Crippen LogP contribution in [0.25, 0.3) is 17.4 Å². The Kier molecular flexibility index (Phi) is 5.51. The number of nitrogens with one attached hydrogen (secondary N) is 1. The van der Waals surface area contributed by atoms with E-state index in [4.69, 9.17) is 9.68 Å². The average Bonchev–Trinajstić information content (AvgIpc) is 3.14. The molecular weight excluding hydrogens is 406 g/mol. The SMILES string of the molecule is N#C/C(=C/c1ccc(-c2ccc(C#N)cc2)o1)C(=O)Nc1cccc(Br)c1. The van der Waals surface area contributed by atoms with E-state index in [1.807, 2.05) is 12.1 Å². The quantitative estimate of drug-likeness (QED) is 0.470. The molecule has 1 N–H and O–H groups in total. The standard InChI is InChI=1S/C21H12BrN3O2/c22-17-2-1-3-18(11-17)25-21(26)16(13-24)10-19-8-9-20(27-19)15-6-4-14(12-23)5-7-15/h1-11H,(H,25,26)/b16-10-. The molecule has 0 fully saturated rings. The van der Waals surface area contributed by atoms with Gasteiger partial charge in [-0.2, -0.15) is 10.5 Å². The predicted molar refractivity (Wildman–Crippen MR) is 105 cm³/mol. The first-order valence-corrected chi connectivity index (χ1v) is 8.67. The minimum Gasteiger partial charge on any atom is -0.457 e. The normalized spacial score (nSPS) is 10.7. The topological polar surface area (TPSA) is 89.8 Å². The summed E-state index contributed by atoms with van der Waals surface area (Å²) in [5, 5.41) is 20.8. The number of anilines is 1. The summed E-state index contributed by atoms with van der Waals surface area (Å²) in [7, 11) is 0. The fourth-order valence-electron chi connectivity index (χ4n) is 2.35. The van der Waals surface area contributed by atoms with Crippen LogP contribution in [0.15, 0.2) is 75.1 Å². The second kappa shape index (κ2) is 8.18. The van der Waals surface area contributed by atoms with Gasteiger partial charge in [0.15, 0.2) is 0 Å². The highest BCUT2D eigenvalue weighted by Gasteiger charge is 2.12. The summed E-state index contributed by atoms with van der Waals surface area (Å²) in [6.45, 7) is 0. The molecule has 0 aliphatic rings. The Morgan fingerprint density at radius 3 is 2.52 bits per heavy atom. The predicted octanol–water partition coefficient (Wildman–Crippen LogP) is 5.13. The van der Waals surface area contributed by atoms with Crippen molar-refractivity contribution in [2.75, 3.05) is 5.32 Å². The number of carbonyl (C=O) groups is 1. The smallest absolute Gasteiger partial charge is 0.266 e. The lowest BCUT2D eigenvalue weighted by Gasteiger charge is -2.04. The molecule has 0 aliphatic carbocycles. The number of nitriles is 2. The summed E-state index contributed by atoms with van der Waals surface area (Å²) in [4.78, 5) is 12.3. The van der Waals surface area contributed by atoms with Gasteiger partial charge in [-0.25, -0.2) is 0 Å². The lowest BCUT2D eigenvalue weighted by atomic mass is 10.1. The van der Waals surface area contributed by atoms with Gasteiger partial charge in [0.05, 0.1) is 11.6 Å². The molecule has 0 radical (unpaired) electrons. The van der Waals surface area contributed by atoms with E-state index in [9.17, 15) is 10.1 Å². The van der Waals surface area contributed by atoms with Crippen molar-refractivity contribution in [1.82, 2.24) is 0 Å². The highest BCUT2D eigenvalue weighted by molar-refractivity contribution is 9.10. The number of hydrogen-bond donors (Lipinski definition) is 1. The van der Waals surface area contributed by atoms with Crippen LogP contribution in [0, 0.1) is 22.7 Å². The third-order valence-electron chi connectivity index (χ3n) is 3.66. The van der Waals surface area contributed by atoms with Crippen LogP contribution in [-0.4, -0.2) is 5.91 Å². The molecule has 130 valence electrons. The van der Waals surface area contributed by atoms with E-state index in [1.165, 1.54) is 6.08 Å². The maximum absolute atomic E-state index is 12.3. The lowest BCUT2D eigenvalue weighted by molar-refractivity contribution is -0.112. The van der Waals surface area contributed by atoms with Crippen LogP contribution in [-0.2, 0) is 4.79 Å². The number of rotatable bonds is 4. The van der Waals surface area contributed by atoms with Crippen LogP contribution < -0.4 is 5.32 Å². The fourth-order valence-corrected chi connectivity index (χ4v) is 2.75. The van der Waals surface area contributed by atoms with Crippen LogP contribution in [0.5, 0.6) is 0 Å². The summed E-state index contributed by atoms with van der Waals surface area (Å²) in [6, 6.07) is 21.4. The summed E-state index contributed by atoms with van der Waals surface area (Å²) in [6.07, 6.45) is 1.39. The Bertz CT molecular complexity index is 1100. The van der Waals surface area contributed by atoms with Gasteiger partial charge in [-0.05, 0) is 54.6 Å². The zero-order valence-corrected chi connectivity index (χ0v) is 15.5. The number of carbonyl (C=O) groups excluding carboxylic acids is 1. The van der Waals surface area contributed by atoms with Gasteiger partial charge in [-0.3, -0.25) is 4.79 Å². The first-order valence-electron chi connectivity index (χ1n) is 7.88. The first kappa shape index (κ1) is 18.2. The Labute approximate surface area is 164 Å². The van der Waals surface area contributed by atoms with Crippen LogP contribution in [0.1, 0.15) is 11.3 Å². The zero-order valence-electron chi connectivity index (χ0n) is 13.9. The Hall–Kier alpha value is -3.61. The average molecular weight is 418 g/mol. The second-order valence-corrected chi connectivity index (χ2v) is 6.44. The van der Waals surface area contributed by atoms with Crippen molar-refractivity contribution in [1.29, 1.82) is 10.5 Å². The summed E-state index contributed by atoms with van der Waals surface area (Å²) >= 11 is 3.33. The minimum atomic E-state index is -0.521. The largest absolute Gasteiger partial charge is 0.457 e. The molecule has 3 rings (SSSR count). The van der Waals surface area contributed by atoms with Gasteiger partial charge in [-0.1, -0.05) is 22.0 Å². The molecule has 2 aromatic carbocycles. The molecule has 0 saturated heterocycles. The van der Waals surface area contributed by atoms with Crippen molar-refractivity contribution in [2.45, 2.75) is 0 Å². The molecule has 3 aromatic rings. The van der Waals surface area contributed by atoms with Gasteiger partial charge in [-0.15, -0.1) is 0 Å². The van der Waals surface area contributed by atoms with Gasteiger partial charge in [0.2, 0.25) is 0 Å². The molecule has 0 atom stereocenters. The first-order chi connectivity index (χ1) is 13.1. The molecule has 1 aromatic heterocycles. The fraction of sp³-hybridized carbons (Fsp3) is 0. The third-order valence-corrected chi connectivity index (χ3v) is 4.15. The van der Waals surface area contributed by atoms with E-state index in [0.717, 1.165) is 10.0 Å². The summed E-state index contributed by atoms with van der Waals surface area (Å²) in [5.74, 6) is 0.442. The molecule has 0 bridgehead atoms. The van der Waals surface area contributed by atoms with Crippen LogP contribution in [0.4, 0.5) is 5.69 Å². The van der Waals surface area contributed by atoms with Crippen molar-refractivity contribution in [3.63, 3.8) is 0 Å². The van der Waals surface area contributed by atoms with Gasteiger partial charge in [0, 0.05) is 21.8 Å². The highest BCUT2D eigenvalue weighted by Crippen LogP contribution is 2.24. The van der Waals surface area contributed by atoms with Gasteiger partial charge in [0.25, 0.3) is 5.91 Å². The van der Waals surface area contributed by atoms with Gasteiger partial charge >= 0.3 is 0 Å². The number of nitrogens with zero attached hydrogens (tertiary/aromatic N) is 2. The van der Waals surface area contributed by atoms with E-state index in [1.54, 1.807) is 54.6 Å². The maximum Gasteiger partial charge on any atom is 0.266 e. The van der Waals surface area contributed by atoms with E-state index < -0.39 is 5.91 Å². The maximum atomic E-state index is 12.3. The molecule has 0 spiro atoms. The van der Waals surface area contributed by atoms with Crippen molar-refractivity contribution >= 4 is 33.6 Å². The number of halogens is 1. The van der Waals surface area contributed by atoms with E-state index in [0.29, 0.717) is 22.8 Å². The van der Waals surface area contributed by atoms with Crippen LogP contribution in [0.3, 0.4) is 0 Å². The van der Waals surface area contributed by atoms with Gasteiger partial charge < -0.3 is 9.73 Å². The van der Waals surface area contributed by atoms with Crippen molar-refractivity contribution in [3.8, 4) is 23.5 Å². The van der Waals surface area contributed by atoms with E-state index in [2.05, 4.69) is 27.3 Å². The number of amides is 1. The third kappa shape index (κ3) is 4.52. The van der Waals surface area contributed by atoms with Crippen molar-refractivity contribution in [2.24, 2.45) is 0 Å². The minimum absolute atomic E-state index is 0.0734. The molecule has 6 heteroatoms. The van der Waals surface area contributed by atoms with Crippen molar-refractivity contribution in [3.05, 3.63) is 82.0 Å². The Morgan fingerprint density at radius 2 is 1.85 bits per heavy atom. The lowest BCUT2D eigenvalue weighted by Crippen LogP contribution is -2.13. The van der Waals surface area contributed by atoms with E-state index in [-0.39, 0.29) is 5.57 Å². The van der Waals surface area contributed by atoms with Crippen LogP contribution in [0.2, 0.25) is 0 Å². The van der Waals surface area contributed by atoms with Gasteiger partial charge in [0.1, 0.15) is 23.2 Å². The monoisotopic (exact) mass is 417 g/mol. The molecule has 27 heavy (non-hydrogen) atoms. The number of furan rings is 1. The molecule has 0 aliphatic heterocycles. The molecule has 1 heterocycles. The van der Waals surface area contributed by atoms with E-state index >= 15 is 0 Å². The number of benzene rings is 2. The molecule has 5 nitrogen and oxygen atoms in total. The molecular formula is C21H12BrN3O2. The molecule has 0 saturated carbocycles. The Morgan fingerprint density at radius 1 is 1.07 bits per heavy atom. The summed E-state index contributed by atoms with van der Waals surface area (Å²) in [5.41, 5.74) is 1.86. The van der Waals surface area contributed by atoms with Crippen molar-refractivity contribution < 1.29 is 9.21 Å². The molecule has 0 unspecified atom stereocenters. The van der Waals surface area contributed by atoms with Crippen LogP contribution >= 0.6 is 15.9 Å². The zero-order chi connectivity index (χ0) is 19.2. The Balaban J connectivity index is 1.79. The number of hydrogen-bond acceptors (Lipinski definition) is 4. The molecule has 1 amide bonds.